The summed E-state index contributed by atoms with van der Waals surface area (Å²) in [5.41, 5.74) is -0.316. The summed E-state index contributed by atoms with van der Waals surface area (Å²) in [7, 11) is 0. The molecule has 1 aliphatic rings. The monoisotopic (exact) mass is 183 g/mol. The minimum Gasteiger partial charge on any atom is -0.306 e. The highest BCUT2D eigenvalue weighted by atomic mass is 16.1. The Morgan fingerprint density at radius 2 is 1.92 bits per heavy atom. The van der Waals surface area contributed by atoms with Crippen molar-refractivity contribution in [3.05, 3.63) is 0 Å². The second-order valence-electron chi connectivity index (χ2n) is 4.50. The number of carbonyl (C=O) groups is 1. The minimum atomic E-state index is -0.316. The van der Waals surface area contributed by atoms with Crippen molar-refractivity contribution in [2.24, 2.45) is 5.92 Å². The van der Waals surface area contributed by atoms with E-state index in [9.17, 15) is 4.79 Å². The second kappa shape index (κ2) is 4.23. The molecule has 2 nitrogen and oxygen atoms in total. The van der Waals surface area contributed by atoms with Gasteiger partial charge in [0.1, 0.15) is 0 Å². The fraction of sp³-hybridized carbons (Fsp3) is 0.909. The number of rotatable bonds is 4. The molecular formula is C11H21NO. The Labute approximate surface area is 81.1 Å². The summed E-state index contributed by atoms with van der Waals surface area (Å²) in [6, 6.07) is 0. The van der Waals surface area contributed by atoms with Crippen molar-refractivity contribution in [3.63, 3.8) is 0 Å². The maximum atomic E-state index is 12.0. The van der Waals surface area contributed by atoms with E-state index in [0.717, 1.165) is 19.4 Å². The highest BCUT2D eigenvalue weighted by Gasteiger charge is 2.33. The molecule has 1 rings (SSSR count). The number of hydrogen-bond acceptors (Lipinski definition) is 2. The van der Waals surface area contributed by atoms with E-state index < -0.39 is 0 Å². The largest absolute Gasteiger partial charge is 0.306 e. The molecule has 0 aromatic carbocycles. The molecule has 76 valence electrons. The third-order valence-corrected chi connectivity index (χ3v) is 2.96. The van der Waals surface area contributed by atoms with Crippen LogP contribution in [0.3, 0.4) is 0 Å². The van der Waals surface area contributed by atoms with Crippen LogP contribution in [0.5, 0.6) is 0 Å². The van der Waals surface area contributed by atoms with Gasteiger partial charge in [-0.25, -0.2) is 0 Å². The van der Waals surface area contributed by atoms with Crippen LogP contribution >= 0.6 is 0 Å². The van der Waals surface area contributed by atoms with Gasteiger partial charge in [0.2, 0.25) is 0 Å². The van der Waals surface area contributed by atoms with E-state index in [4.69, 9.17) is 0 Å². The lowest BCUT2D eigenvalue weighted by atomic mass is 9.88. The van der Waals surface area contributed by atoms with Crippen LogP contribution in [0.2, 0.25) is 0 Å². The third-order valence-electron chi connectivity index (χ3n) is 2.96. The molecule has 1 saturated carbocycles. The molecule has 0 spiro atoms. The zero-order valence-electron chi connectivity index (χ0n) is 9.02. The molecule has 0 radical (unpaired) electrons. The van der Waals surface area contributed by atoms with Crippen molar-refractivity contribution in [1.82, 2.24) is 5.32 Å². The van der Waals surface area contributed by atoms with Gasteiger partial charge in [0.05, 0.1) is 5.54 Å². The topological polar surface area (TPSA) is 29.1 Å². The molecule has 0 amide bonds. The highest BCUT2D eigenvalue weighted by molar-refractivity contribution is 5.89. The Morgan fingerprint density at radius 1 is 1.38 bits per heavy atom. The maximum Gasteiger partial charge on any atom is 0.155 e. The molecule has 0 aromatic heterocycles. The Bertz CT molecular complexity index is 181. The van der Waals surface area contributed by atoms with E-state index in [0.29, 0.717) is 11.7 Å². The Kier molecular flexibility index (Phi) is 3.48. The lowest BCUT2D eigenvalue weighted by Gasteiger charge is -2.27. The first kappa shape index (κ1) is 10.7. The molecule has 0 aromatic rings. The molecule has 0 atom stereocenters. The van der Waals surface area contributed by atoms with Crippen molar-refractivity contribution in [2.45, 2.75) is 52.0 Å². The first-order valence-electron chi connectivity index (χ1n) is 5.37. The van der Waals surface area contributed by atoms with E-state index in [-0.39, 0.29) is 5.54 Å². The molecule has 0 saturated heterocycles. The zero-order chi connectivity index (χ0) is 9.90. The number of nitrogens with one attached hydrogen (secondary N) is 1. The predicted octanol–water partition coefficient (Wildman–Crippen LogP) is 2.13. The summed E-state index contributed by atoms with van der Waals surface area (Å²) in [5, 5.41) is 3.25. The molecular weight excluding hydrogens is 162 g/mol. The van der Waals surface area contributed by atoms with E-state index in [1.54, 1.807) is 0 Å². The molecule has 1 aliphatic carbocycles. The summed E-state index contributed by atoms with van der Waals surface area (Å²) in [5.74, 6) is 0.737. The smallest absolute Gasteiger partial charge is 0.155 e. The van der Waals surface area contributed by atoms with E-state index in [1.165, 1.54) is 12.8 Å². The average molecular weight is 183 g/mol. The van der Waals surface area contributed by atoms with Gasteiger partial charge in [-0.15, -0.1) is 0 Å². The summed E-state index contributed by atoms with van der Waals surface area (Å²) in [6.07, 6.45) is 4.68. The van der Waals surface area contributed by atoms with Crippen molar-refractivity contribution < 1.29 is 4.79 Å². The molecule has 0 bridgehead atoms. The van der Waals surface area contributed by atoms with Crippen LogP contribution in [-0.2, 0) is 4.79 Å². The van der Waals surface area contributed by atoms with Crippen LogP contribution in [0, 0.1) is 5.92 Å². The van der Waals surface area contributed by atoms with Gasteiger partial charge in [0, 0.05) is 5.92 Å². The normalized spacial score (nSPS) is 19.3. The summed E-state index contributed by atoms with van der Waals surface area (Å²) in [6.45, 7) is 6.91. The van der Waals surface area contributed by atoms with Crippen LogP contribution < -0.4 is 5.32 Å². The number of ketones is 1. The van der Waals surface area contributed by atoms with Crippen molar-refractivity contribution in [3.8, 4) is 0 Å². The first-order valence-corrected chi connectivity index (χ1v) is 5.37. The third kappa shape index (κ3) is 2.53. The van der Waals surface area contributed by atoms with Crippen molar-refractivity contribution >= 4 is 5.78 Å². The fourth-order valence-corrected chi connectivity index (χ4v) is 2.23. The summed E-state index contributed by atoms with van der Waals surface area (Å²) >= 11 is 0. The van der Waals surface area contributed by atoms with Gasteiger partial charge >= 0.3 is 0 Å². The Morgan fingerprint density at radius 3 is 2.38 bits per heavy atom. The Hall–Kier alpha value is -0.370. The van der Waals surface area contributed by atoms with Crippen LogP contribution in [-0.4, -0.2) is 17.9 Å². The van der Waals surface area contributed by atoms with Gasteiger partial charge in [0.25, 0.3) is 0 Å². The summed E-state index contributed by atoms with van der Waals surface area (Å²) in [4.78, 5) is 12.0. The molecule has 1 fully saturated rings. The van der Waals surface area contributed by atoms with E-state index in [2.05, 4.69) is 5.32 Å². The van der Waals surface area contributed by atoms with Crippen LogP contribution in [0.15, 0.2) is 0 Å². The lowest BCUT2D eigenvalue weighted by molar-refractivity contribution is -0.128. The fourth-order valence-electron chi connectivity index (χ4n) is 2.23. The highest BCUT2D eigenvalue weighted by Crippen LogP contribution is 2.28. The van der Waals surface area contributed by atoms with E-state index >= 15 is 0 Å². The minimum absolute atomic E-state index is 0.316. The number of carbonyl (C=O) groups excluding carboxylic acids is 1. The Balaban J connectivity index is 2.53. The van der Waals surface area contributed by atoms with Gasteiger partial charge in [-0.2, -0.15) is 0 Å². The zero-order valence-corrected chi connectivity index (χ0v) is 9.02. The number of Topliss-reactive ketones (excluding diaryl/α,β-unsaturated/α-hetero) is 1. The van der Waals surface area contributed by atoms with Gasteiger partial charge in [0.15, 0.2) is 5.78 Å². The second-order valence-corrected chi connectivity index (χ2v) is 4.50. The van der Waals surface area contributed by atoms with Crippen LogP contribution in [0.4, 0.5) is 0 Å². The maximum absolute atomic E-state index is 12.0. The summed E-state index contributed by atoms with van der Waals surface area (Å²) < 4.78 is 0. The molecule has 1 N–H and O–H groups in total. The van der Waals surface area contributed by atoms with Crippen LogP contribution in [0.1, 0.15) is 46.5 Å². The standard InChI is InChI=1S/C11H21NO/c1-4-12-11(2,3)10(13)9-7-5-6-8-9/h9,12H,4-8H2,1-3H3. The molecule has 13 heavy (non-hydrogen) atoms. The first-order chi connectivity index (χ1) is 6.08. The van der Waals surface area contributed by atoms with E-state index in [1.807, 2.05) is 20.8 Å². The van der Waals surface area contributed by atoms with Crippen LogP contribution in [0.25, 0.3) is 0 Å². The molecule has 0 unspecified atom stereocenters. The molecule has 0 aliphatic heterocycles. The SMILES string of the molecule is CCNC(C)(C)C(=O)C1CCCC1. The molecule has 0 heterocycles. The van der Waals surface area contributed by atoms with Gasteiger partial charge in [-0.05, 0) is 33.2 Å². The quantitative estimate of drug-likeness (QED) is 0.723. The van der Waals surface area contributed by atoms with Crippen molar-refractivity contribution in [2.75, 3.05) is 6.54 Å². The van der Waals surface area contributed by atoms with Crippen molar-refractivity contribution in [1.29, 1.82) is 0 Å². The number of likely N-dealkylation sites (N-methyl/N-ethyl adjacent to an activating group) is 1. The predicted molar refractivity (Wildman–Crippen MR) is 54.7 cm³/mol. The lowest BCUT2D eigenvalue weighted by Crippen LogP contribution is -2.49. The molecule has 2 heteroatoms. The van der Waals surface area contributed by atoms with Gasteiger partial charge in [-0.3, -0.25) is 4.79 Å². The van der Waals surface area contributed by atoms with Gasteiger partial charge < -0.3 is 5.32 Å². The number of hydrogen-bond donors (Lipinski definition) is 1. The average Bonchev–Trinajstić information content (AvgIpc) is 2.54. The van der Waals surface area contributed by atoms with Gasteiger partial charge in [-0.1, -0.05) is 19.8 Å².